The number of rotatable bonds is 0. The Morgan fingerprint density at radius 2 is 2.00 bits per heavy atom. The van der Waals surface area contributed by atoms with Crippen molar-refractivity contribution in [2.45, 2.75) is 39.7 Å². The molecule has 12 heavy (non-hydrogen) atoms. The molecule has 68 valence electrons. The van der Waals surface area contributed by atoms with Crippen molar-refractivity contribution in [3.05, 3.63) is 0 Å². The molecule has 2 aliphatic rings. The van der Waals surface area contributed by atoms with Crippen molar-refractivity contribution in [2.24, 2.45) is 16.7 Å². The van der Waals surface area contributed by atoms with Crippen LogP contribution in [-0.4, -0.2) is 17.0 Å². The minimum Gasteiger partial charge on any atom is -0.385 e. The van der Waals surface area contributed by atoms with E-state index in [1.54, 1.807) is 0 Å². The van der Waals surface area contributed by atoms with E-state index < -0.39 is 6.10 Å². The van der Waals surface area contributed by atoms with Crippen molar-refractivity contribution in [1.82, 2.24) is 0 Å². The summed E-state index contributed by atoms with van der Waals surface area (Å²) in [4.78, 5) is 11.5. The summed E-state index contributed by atoms with van der Waals surface area (Å²) in [5.41, 5.74) is -0.155. The average molecular weight is 168 g/mol. The molecular formula is C10H16O2. The minimum atomic E-state index is -0.703. The molecule has 2 aliphatic carbocycles. The van der Waals surface area contributed by atoms with Gasteiger partial charge in [-0.05, 0) is 18.3 Å². The molecular weight excluding hydrogens is 152 g/mol. The number of hydrogen-bond donors (Lipinski definition) is 1. The Hall–Kier alpha value is -0.370. The number of hydrogen-bond acceptors (Lipinski definition) is 2. The Morgan fingerprint density at radius 3 is 2.25 bits per heavy atom. The SMILES string of the molecule is CC1(C)[C@@H]2CC[C@@]1(C)[C@H](O)C2=O. The van der Waals surface area contributed by atoms with E-state index in [4.69, 9.17) is 0 Å². The number of aliphatic hydroxyl groups excluding tert-OH is 1. The summed E-state index contributed by atoms with van der Waals surface area (Å²) in [5.74, 6) is 0.186. The van der Waals surface area contributed by atoms with Gasteiger partial charge in [-0.3, -0.25) is 4.79 Å². The molecule has 0 aromatic rings. The van der Waals surface area contributed by atoms with Crippen molar-refractivity contribution >= 4 is 5.78 Å². The zero-order chi connectivity index (χ0) is 9.15. The maximum absolute atomic E-state index is 11.5. The average Bonchev–Trinajstić information content (AvgIpc) is 2.26. The molecule has 0 saturated heterocycles. The summed E-state index contributed by atoms with van der Waals surface area (Å²) < 4.78 is 0. The van der Waals surface area contributed by atoms with Gasteiger partial charge in [0.1, 0.15) is 6.10 Å². The van der Waals surface area contributed by atoms with Gasteiger partial charge < -0.3 is 5.11 Å². The van der Waals surface area contributed by atoms with E-state index in [2.05, 4.69) is 13.8 Å². The summed E-state index contributed by atoms with van der Waals surface area (Å²) in [5, 5.41) is 9.73. The molecule has 0 aromatic heterocycles. The first-order valence-corrected chi connectivity index (χ1v) is 4.63. The van der Waals surface area contributed by atoms with Crippen LogP contribution in [0.25, 0.3) is 0 Å². The van der Waals surface area contributed by atoms with Crippen LogP contribution in [0.2, 0.25) is 0 Å². The third-order valence-electron chi connectivity index (χ3n) is 4.51. The number of carbonyl (C=O) groups excluding carboxylic acids is 1. The molecule has 2 rings (SSSR count). The smallest absolute Gasteiger partial charge is 0.165 e. The molecule has 2 saturated carbocycles. The first kappa shape index (κ1) is 8.24. The Kier molecular flexibility index (Phi) is 1.32. The largest absolute Gasteiger partial charge is 0.385 e. The van der Waals surface area contributed by atoms with Gasteiger partial charge >= 0.3 is 0 Å². The van der Waals surface area contributed by atoms with Crippen molar-refractivity contribution < 1.29 is 9.90 Å². The van der Waals surface area contributed by atoms with Crippen LogP contribution in [-0.2, 0) is 4.79 Å². The molecule has 3 atom stereocenters. The van der Waals surface area contributed by atoms with Gasteiger partial charge in [-0.1, -0.05) is 20.8 Å². The van der Waals surface area contributed by atoms with E-state index in [1.807, 2.05) is 6.92 Å². The highest BCUT2D eigenvalue weighted by atomic mass is 16.3. The van der Waals surface area contributed by atoms with Gasteiger partial charge in [-0.15, -0.1) is 0 Å². The molecule has 0 amide bonds. The lowest BCUT2D eigenvalue weighted by atomic mass is 9.70. The van der Waals surface area contributed by atoms with E-state index in [-0.39, 0.29) is 22.5 Å². The summed E-state index contributed by atoms with van der Waals surface area (Å²) in [6, 6.07) is 0. The molecule has 0 aliphatic heterocycles. The second kappa shape index (κ2) is 1.92. The highest BCUT2D eigenvalue weighted by molar-refractivity contribution is 5.90. The predicted molar refractivity (Wildman–Crippen MR) is 45.6 cm³/mol. The topological polar surface area (TPSA) is 37.3 Å². The first-order valence-electron chi connectivity index (χ1n) is 4.63. The number of aliphatic hydroxyl groups is 1. The number of carbonyl (C=O) groups is 1. The Labute approximate surface area is 73.0 Å². The lowest BCUT2D eigenvalue weighted by molar-refractivity contribution is -0.132. The van der Waals surface area contributed by atoms with Crippen molar-refractivity contribution in [3.8, 4) is 0 Å². The van der Waals surface area contributed by atoms with Crippen LogP contribution < -0.4 is 0 Å². The van der Waals surface area contributed by atoms with Gasteiger partial charge in [-0.25, -0.2) is 0 Å². The van der Waals surface area contributed by atoms with Crippen LogP contribution in [0, 0.1) is 16.7 Å². The maximum atomic E-state index is 11.5. The van der Waals surface area contributed by atoms with Gasteiger partial charge in [0.15, 0.2) is 5.78 Å². The molecule has 2 nitrogen and oxygen atoms in total. The van der Waals surface area contributed by atoms with E-state index in [9.17, 15) is 9.90 Å². The minimum absolute atomic E-state index is 0.00347. The molecule has 0 aromatic carbocycles. The third-order valence-corrected chi connectivity index (χ3v) is 4.51. The third kappa shape index (κ3) is 0.598. The zero-order valence-electron chi connectivity index (χ0n) is 7.92. The normalized spacial score (nSPS) is 50.2. The summed E-state index contributed by atoms with van der Waals surface area (Å²) in [7, 11) is 0. The predicted octanol–water partition coefficient (Wildman–Crippen LogP) is 1.37. The lowest BCUT2D eigenvalue weighted by Gasteiger charge is -2.35. The van der Waals surface area contributed by atoms with Crippen LogP contribution in [0.3, 0.4) is 0 Å². The van der Waals surface area contributed by atoms with E-state index >= 15 is 0 Å². The molecule has 2 bridgehead atoms. The second-order valence-electron chi connectivity index (χ2n) is 5.04. The van der Waals surface area contributed by atoms with Crippen LogP contribution in [0.15, 0.2) is 0 Å². The maximum Gasteiger partial charge on any atom is 0.165 e. The van der Waals surface area contributed by atoms with E-state index in [0.717, 1.165) is 12.8 Å². The van der Waals surface area contributed by atoms with E-state index in [0.29, 0.717) is 0 Å². The summed E-state index contributed by atoms with van der Waals surface area (Å²) in [6.45, 7) is 6.26. The number of ketones is 1. The van der Waals surface area contributed by atoms with Gasteiger partial charge in [0.2, 0.25) is 0 Å². The molecule has 0 radical (unpaired) electrons. The van der Waals surface area contributed by atoms with Crippen LogP contribution in [0.5, 0.6) is 0 Å². The first-order chi connectivity index (χ1) is 5.41. The van der Waals surface area contributed by atoms with Gasteiger partial charge in [-0.2, -0.15) is 0 Å². The fraction of sp³-hybridized carbons (Fsp3) is 0.900. The highest BCUT2D eigenvalue weighted by Gasteiger charge is 2.65. The Balaban J connectivity index is 2.50. The molecule has 0 spiro atoms. The molecule has 1 N–H and O–H groups in total. The summed E-state index contributed by atoms with van der Waals surface area (Å²) >= 11 is 0. The monoisotopic (exact) mass is 168 g/mol. The standard InChI is InChI=1S/C10H16O2/c1-9(2)6-4-5-10(9,3)8(12)7(6)11/h6,8,12H,4-5H2,1-3H3/t6-,8-,10+/m1/s1. The molecule has 0 unspecified atom stereocenters. The van der Waals surface area contributed by atoms with Gasteiger partial charge in [0.25, 0.3) is 0 Å². The van der Waals surface area contributed by atoms with Crippen LogP contribution in [0.1, 0.15) is 33.6 Å². The van der Waals surface area contributed by atoms with Crippen LogP contribution in [0.4, 0.5) is 0 Å². The zero-order valence-corrected chi connectivity index (χ0v) is 7.92. The van der Waals surface area contributed by atoms with Crippen molar-refractivity contribution in [2.75, 3.05) is 0 Å². The number of fused-ring (bicyclic) bond motifs is 2. The Morgan fingerprint density at radius 1 is 1.42 bits per heavy atom. The van der Waals surface area contributed by atoms with Gasteiger partial charge in [0, 0.05) is 11.3 Å². The highest BCUT2D eigenvalue weighted by Crippen LogP contribution is 2.63. The van der Waals surface area contributed by atoms with Crippen molar-refractivity contribution in [3.63, 3.8) is 0 Å². The Bertz CT molecular complexity index is 244. The molecule has 0 heterocycles. The fourth-order valence-corrected chi connectivity index (χ4v) is 3.02. The quantitative estimate of drug-likeness (QED) is 0.593. The number of Topliss-reactive ketones (excluding diaryl/α,β-unsaturated/α-hetero) is 1. The van der Waals surface area contributed by atoms with Crippen molar-refractivity contribution in [1.29, 1.82) is 0 Å². The van der Waals surface area contributed by atoms with Gasteiger partial charge in [0.05, 0.1) is 0 Å². The fourth-order valence-electron chi connectivity index (χ4n) is 3.02. The lowest BCUT2D eigenvalue weighted by Crippen LogP contribution is -2.37. The molecule has 2 heteroatoms. The summed E-state index contributed by atoms with van der Waals surface area (Å²) in [6.07, 6.45) is 1.27. The van der Waals surface area contributed by atoms with E-state index in [1.165, 1.54) is 0 Å². The van der Waals surface area contributed by atoms with Crippen LogP contribution >= 0.6 is 0 Å². The molecule has 2 fully saturated rings. The second-order valence-corrected chi connectivity index (χ2v) is 5.04.